The Balaban J connectivity index is 2.64. The number of nitrogens with zero attached hydrogens (tertiary/aromatic N) is 1. The summed E-state index contributed by atoms with van der Waals surface area (Å²) in [6.07, 6.45) is 0. The van der Waals surface area contributed by atoms with E-state index in [1.807, 2.05) is 32.9 Å². The predicted molar refractivity (Wildman–Crippen MR) is 61.6 cm³/mol. The first-order valence-electron chi connectivity index (χ1n) is 5.04. The second kappa shape index (κ2) is 3.46. The molecular formula is C13H15NO. The smallest absolute Gasteiger partial charge is 0.139 e. The first-order valence-corrected chi connectivity index (χ1v) is 5.04. The fourth-order valence-corrected chi connectivity index (χ4v) is 1.87. The van der Waals surface area contributed by atoms with Gasteiger partial charge in [0.2, 0.25) is 0 Å². The van der Waals surface area contributed by atoms with Gasteiger partial charge in [-0.3, -0.25) is 0 Å². The van der Waals surface area contributed by atoms with Crippen LogP contribution in [0, 0.1) is 20.8 Å². The van der Waals surface area contributed by atoms with E-state index in [4.69, 9.17) is 0 Å². The summed E-state index contributed by atoms with van der Waals surface area (Å²) in [7, 11) is 0. The Kier molecular flexibility index (Phi) is 2.27. The molecule has 0 atom stereocenters. The molecular weight excluding hydrogens is 186 g/mol. The summed E-state index contributed by atoms with van der Waals surface area (Å²) in [5.74, 6) is 0.331. The number of aromatic nitrogens is 1. The fourth-order valence-electron chi connectivity index (χ4n) is 1.87. The minimum absolute atomic E-state index is 0.331. The maximum absolute atomic E-state index is 9.89. The van der Waals surface area contributed by atoms with Crippen molar-refractivity contribution >= 4 is 0 Å². The Bertz CT molecular complexity index is 478. The summed E-state index contributed by atoms with van der Waals surface area (Å²) >= 11 is 0. The van der Waals surface area contributed by atoms with Crippen LogP contribution in [-0.4, -0.2) is 9.67 Å². The van der Waals surface area contributed by atoms with E-state index in [2.05, 4.69) is 16.7 Å². The minimum atomic E-state index is 0.331. The van der Waals surface area contributed by atoms with E-state index in [1.165, 1.54) is 0 Å². The summed E-state index contributed by atoms with van der Waals surface area (Å²) < 4.78 is 2.05. The van der Waals surface area contributed by atoms with Crippen LogP contribution < -0.4 is 0 Å². The predicted octanol–water partition coefficient (Wildman–Crippen LogP) is 3.11. The second-order valence-corrected chi connectivity index (χ2v) is 3.94. The van der Waals surface area contributed by atoms with Gasteiger partial charge >= 0.3 is 0 Å². The lowest BCUT2D eigenvalue weighted by atomic mass is 10.2. The molecule has 15 heavy (non-hydrogen) atoms. The molecule has 2 aromatic rings. The van der Waals surface area contributed by atoms with Gasteiger partial charge < -0.3 is 9.67 Å². The molecule has 1 aromatic heterocycles. The lowest BCUT2D eigenvalue weighted by Gasteiger charge is -2.11. The summed E-state index contributed by atoms with van der Waals surface area (Å²) in [4.78, 5) is 0. The van der Waals surface area contributed by atoms with Gasteiger partial charge in [0.05, 0.1) is 5.69 Å². The van der Waals surface area contributed by atoms with Crippen molar-refractivity contribution < 1.29 is 5.11 Å². The number of rotatable bonds is 1. The molecule has 0 fully saturated rings. The third-order valence-corrected chi connectivity index (χ3v) is 2.64. The van der Waals surface area contributed by atoms with E-state index in [9.17, 15) is 5.11 Å². The molecule has 0 aliphatic carbocycles. The first kappa shape index (κ1) is 9.84. The zero-order valence-electron chi connectivity index (χ0n) is 9.28. The monoisotopic (exact) mass is 201 g/mol. The Morgan fingerprint density at radius 2 is 1.53 bits per heavy atom. The maximum Gasteiger partial charge on any atom is 0.139 e. The molecule has 2 nitrogen and oxygen atoms in total. The number of benzene rings is 1. The van der Waals surface area contributed by atoms with Gasteiger partial charge in [0.25, 0.3) is 0 Å². The van der Waals surface area contributed by atoms with Gasteiger partial charge in [-0.1, -0.05) is 6.07 Å². The molecule has 1 heterocycles. The van der Waals surface area contributed by atoms with Gasteiger partial charge in [-0.05, 0) is 50.6 Å². The molecule has 0 spiro atoms. The molecule has 1 N–H and O–H groups in total. The zero-order chi connectivity index (χ0) is 11.0. The average Bonchev–Trinajstić information content (AvgIpc) is 2.48. The molecule has 0 saturated heterocycles. The van der Waals surface area contributed by atoms with Crippen molar-refractivity contribution in [3.8, 4) is 11.4 Å². The number of hydrogen-bond donors (Lipinski definition) is 1. The van der Waals surface area contributed by atoms with E-state index < -0.39 is 0 Å². The zero-order valence-corrected chi connectivity index (χ0v) is 9.28. The van der Waals surface area contributed by atoms with Crippen LogP contribution in [0.25, 0.3) is 5.69 Å². The van der Waals surface area contributed by atoms with Crippen molar-refractivity contribution in [1.82, 2.24) is 4.57 Å². The molecule has 0 aliphatic rings. The van der Waals surface area contributed by atoms with Crippen LogP contribution in [0.2, 0.25) is 0 Å². The van der Waals surface area contributed by atoms with E-state index >= 15 is 0 Å². The largest absolute Gasteiger partial charge is 0.506 e. The highest BCUT2D eigenvalue weighted by atomic mass is 16.3. The third-order valence-electron chi connectivity index (χ3n) is 2.64. The van der Waals surface area contributed by atoms with Crippen LogP contribution in [0.1, 0.15) is 17.0 Å². The van der Waals surface area contributed by atoms with Gasteiger partial charge in [0.15, 0.2) is 0 Å². The van der Waals surface area contributed by atoms with E-state index in [1.54, 1.807) is 6.07 Å². The normalized spacial score (nSPS) is 10.6. The first-order chi connectivity index (χ1) is 7.09. The van der Waals surface area contributed by atoms with Gasteiger partial charge in [-0.15, -0.1) is 0 Å². The van der Waals surface area contributed by atoms with Crippen molar-refractivity contribution in [2.24, 2.45) is 0 Å². The number of aryl methyl sites for hydroxylation is 3. The lowest BCUT2D eigenvalue weighted by Crippen LogP contribution is -1.99. The van der Waals surface area contributed by atoms with Gasteiger partial charge in [-0.2, -0.15) is 0 Å². The van der Waals surface area contributed by atoms with Crippen LogP contribution in [0.3, 0.4) is 0 Å². The minimum Gasteiger partial charge on any atom is -0.506 e. The summed E-state index contributed by atoms with van der Waals surface area (Å²) in [5, 5.41) is 9.89. The second-order valence-electron chi connectivity index (χ2n) is 3.94. The van der Waals surface area contributed by atoms with Crippen molar-refractivity contribution in [2.75, 3.05) is 0 Å². The molecule has 0 unspecified atom stereocenters. The molecule has 0 bridgehead atoms. The molecule has 0 saturated carbocycles. The number of phenolic OH excluding ortho intramolecular Hbond substituents is 1. The number of aromatic hydroxyl groups is 1. The molecule has 0 amide bonds. The Hall–Kier alpha value is -1.70. The van der Waals surface area contributed by atoms with E-state index in [0.717, 1.165) is 22.6 Å². The summed E-state index contributed by atoms with van der Waals surface area (Å²) in [5.41, 5.74) is 4.18. The van der Waals surface area contributed by atoms with Crippen molar-refractivity contribution in [3.05, 3.63) is 47.3 Å². The van der Waals surface area contributed by atoms with E-state index in [-0.39, 0.29) is 0 Å². The quantitative estimate of drug-likeness (QED) is 0.753. The average molecular weight is 201 g/mol. The summed E-state index contributed by atoms with van der Waals surface area (Å²) in [6, 6.07) is 9.84. The van der Waals surface area contributed by atoms with Crippen LogP contribution in [0.5, 0.6) is 5.75 Å². The van der Waals surface area contributed by atoms with E-state index in [0.29, 0.717) is 5.75 Å². The SMILES string of the molecule is Cc1ccc(-n2c(C)ccc2C)c(O)c1. The van der Waals surface area contributed by atoms with Crippen LogP contribution in [-0.2, 0) is 0 Å². The van der Waals surface area contributed by atoms with Crippen molar-refractivity contribution in [2.45, 2.75) is 20.8 Å². The van der Waals surface area contributed by atoms with Gasteiger partial charge in [0, 0.05) is 11.4 Å². The lowest BCUT2D eigenvalue weighted by molar-refractivity contribution is 0.471. The molecule has 0 radical (unpaired) electrons. The van der Waals surface area contributed by atoms with Gasteiger partial charge in [0.1, 0.15) is 5.75 Å². The molecule has 2 rings (SSSR count). The van der Waals surface area contributed by atoms with Crippen LogP contribution in [0.4, 0.5) is 0 Å². The maximum atomic E-state index is 9.89. The Morgan fingerprint density at radius 3 is 2.07 bits per heavy atom. The van der Waals surface area contributed by atoms with Crippen molar-refractivity contribution in [3.63, 3.8) is 0 Å². The molecule has 2 heteroatoms. The molecule has 1 aromatic carbocycles. The molecule has 78 valence electrons. The fraction of sp³-hybridized carbons (Fsp3) is 0.231. The third kappa shape index (κ3) is 1.63. The van der Waals surface area contributed by atoms with Crippen molar-refractivity contribution in [1.29, 1.82) is 0 Å². The standard InChI is InChI=1S/C13H15NO/c1-9-4-7-12(13(15)8-9)14-10(2)5-6-11(14)3/h4-8,15H,1-3H3. The Labute approximate surface area is 89.8 Å². The van der Waals surface area contributed by atoms with Crippen LogP contribution in [0.15, 0.2) is 30.3 Å². The van der Waals surface area contributed by atoms with Crippen LogP contribution >= 0.6 is 0 Å². The number of phenols is 1. The van der Waals surface area contributed by atoms with Gasteiger partial charge in [-0.25, -0.2) is 0 Å². The highest BCUT2D eigenvalue weighted by Gasteiger charge is 2.07. The molecule has 0 aliphatic heterocycles. The highest BCUT2D eigenvalue weighted by molar-refractivity contribution is 5.50. The Morgan fingerprint density at radius 1 is 0.933 bits per heavy atom. The topological polar surface area (TPSA) is 25.2 Å². The summed E-state index contributed by atoms with van der Waals surface area (Å²) in [6.45, 7) is 6.04. The number of hydrogen-bond acceptors (Lipinski definition) is 1. The highest BCUT2D eigenvalue weighted by Crippen LogP contribution is 2.25.